The van der Waals surface area contributed by atoms with Crippen molar-refractivity contribution in [2.45, 2.75) is 44.7 Å². The van der Waals surface area contributed by atoms with Crippen LogP contribution in [0.25, 0.3) is 23.0 Å². The zero-order chi connectivity index (χ0) is 23.1. The minimum absolute atomic E-state index is 0.0313. The number of ether oxygens (including phenoxy) is 1. The fourth-order valence-corrected chi connectivity index (χ4v) is 4.95. The van der Waals surface area contributed by atoms with E-state index in [0.29, 0.717) is 18.4 Å². The Morgan fingerprint density at radius 1 is 1.12 bits per heavy atom. The van der Waals surface area contributed by atoms with Gasteiger partial charge in [-0.3, -0.25) is 9.13 Å². The zero-order valence-corrected chi connectivity index (χ0v) is 18.9. The lowest BCUT2D eigenvalue weighted by Crippen LogP contribution is -2.45. The second kappa shape index (κ2) is 8.60. The van der Waals surface area contributed by atoms with Crippen molar-refractivity contribution in [1.82, 2.24) is 34.3 Å². The lowest BCUT2D eigenvalue weighted by Gasteiger charge is -2.41. The van der Waals surface area contributed by atoms with Gasteiger partial charge >= 0.3 is 0 Å². The maximum atomic E-state index is 13.5. The molecule has 4 aromatic rings. The summed E-state index contributed by atoms with van der Waals surface area (Å²) >= 11 is 0. The van der Waals surface area contributed by atoms with E-state index in [0.717, 1.165) is 55.2 Å². The van der Waals surface area contributed by atoms with Crippen LogP contribution in [-0.4, -0.2) is 53.5 Å². The standard InChI is InChI=1S/C24H25FN8O/c1-2-19-23-30-28-15-32(23)20-13-27-24(29-22(20)33(19)18-5-3-4-12-34-14-18)31-11-10-26-21(31)16-6-8-17(25)9-7-16/h6-11,13,15,18-19H,2-5,12,14H2,1H3/t18?,19-/m1/s1. The van der Waals surface area contributed by atoms with Crippen LogP contribution in [0.5, 0.6) is 0 Å². The Balaban J connectivity index is 1.48. The predicted octanol–water partition coefficient (Wildman–Crippen LogP) is 3.89. The maximum absolute atomic E-state index is 13.5. The number of fused-ring (bicyclic) bond motifs is 3. The molecule has 0 saturated carbocycles. The predicted molar refractivity (Wildman–Crippen MR) is 123 cm³/mol. The molecule has 0 bridgehead atoms. The first-order valence-corrected chi connectivity index (χ1v) is 11.7. The minimum atomic E-state index is -0.288. The van der Waals surface area contributed by atoms with Crippen LogP contribution in [0, 0.1) is 5.82 Å². The fraction of sp³-hybridized carbons (Fsp3) is 0.375. The topological polar surface area (TPSA) is 86.8 Å². The van der Waals surface area contributed by atoms with Gasteiger partial charge in [0, 0.05) is 24.6 Å². The van der Waals surface area contributed by atoms with Gasteiger partial charge in [-0.2, -0.15) is 4.98 Å². The molecule has 1 unspecified atom stereocenters. The number of hydrogen-bond acceptors (Lipinski definition) is 7. The molecule has 1 fully saturated rings. The van der Waals surface area contributed by atoms with Crippen molar-refractivity contribution < 1.29 is 9.13 Å². The average molecular weight is 461 g/mol. The molecule has 0 amide bonds. The number of benzene rings is 1. The number of rotatable bonds is 4. The molecule has 0 radical (unpaired) electrons. The highest BCUT2D eigenvalue weighted by molar-refractivity contribution is 5.64. The number of anilines is 1. The Bertz CT molecular complexity index is 1290. The van der Waals surface area contributed by atoms with Crippen molar-refractivity contribution in [1.29, 1.82) is 0 Å². The Kier molecular flexibility index (Phi) is 5.29. The van der Waals surface area contributed by atoms with Crippen LogP contribution in [0.2, 0.25) is 0 Å². The Hall–Kier alpha value is -3.66. The minimum Gasteiger partial charge on any atom is -0.379 e. The molecule has 34 heavy (non-hydrogen) atoms. The van der Waals surface area contributed by atoms with E-state index in [1.165, 1.54) is 12.1 Å². The van der Waals surface area contributed by atoms with Gasteiger partial charge in [-0.05, 0) is 49.9 Å². The molecule has 3 aromatic heterocycles. The van der Waals surface area contributed by atoms with Crippen molar-refractivity contribution in [2.75, 3.05) is 18.1 Å². The number of imidazole rings is 1. The first-order valence-electron chi connectivity index (χ1n) is 11.7. The number of halogens is 1. The highest BCUT2D eigenvalue weighted by atomic mass is 19.1. The van der Waals surface area contributed by atoms with Crippen molar-refractivity contribution in [3.63, 3.8) is 0 Å². The van der Waals surface area contributed by atoms with Crippen LogP contribution in [-0.2, 0) is 4.74 Å². The van der Waals surface area contributed by atoms with Gasteiger partial charge in [0.1, 0.15) is 23.7 Å². The second-order valence-corrected chi connectivity index (χ2v) is 8.62. The van der Waals surface area contributed by atoms with Gasteiger partial charge in [0.25, 0.3) is 0 Å². The van der Waals surface area contributed by atoms with Crippen LogP contribution in [0.15, 0.2) is 49.2 Å². The summed E-state index contributed by atoms with van der Waals surface area (Å²) in [6.45, 7) is 3.59. The van der Waals surface area contributed by atoms with Crippen LogP contribution >= 0.6 is 0 Å². The lowest BCUT2D eigenvalue weighted by molar-refractivity contribution is 0.129. The van der Waals surface area contributed by atoms with E-state index in [1.807, 2.05) is 21.5 Å². The molecule has 10 heteroatoms. The summed E-state index contributed by atoms with van der Waals surface area (Å²) in [4.78, 5) is 16.6. The summed E-state index contributed by atoms with van der Waals surface area (Å²) in [6, 6.07) is 6.48. The van der Waals surface area contributed by atoms with Crippen molar-refractivity contribution >= 4 is 5.82 Å². The van der Waals surface area contributed by atoms with E-state index in [2.05, 4.69) is 32.0 Å². The van der Waals surface area contributed by atoms with Gasteiger partial charge in [0.2, 0.25) is 5.95 Å². The molecule has 1 saturated heterocycles. The number of aromatic nitrogens is 7. The van der Waals surface area contributed by atoms with E-state index in [9.17, 15) is 4.39 Å². The van der Waals surface area contributed by atoms with E-state index < -0.39 is 0 Å². The zero-order valence-electron chi connectivity index (χ0n) is 18.9. The Labute approximate surface area is 196 Å². The SMILES string of the molecule is CC[C@@H]1c2nncn2-c2cnc(-n3ccnc3-c3ccc(F)cc3)nc2N1C1CCCCOC1. The van der Waals surface area contributed by atoms with E-state index in [1.54, 1.807) is 24.7 Å². The van der Waals surface area contributed by atoms with Gasteiger partial charge in [0.05, 0.1) is 24.9 Å². The van der Waals surface area contributed by atoms with Gasteiger partial charge in [-0.15, -0.1) is 10.2 Å². The largest absolute Gasteiger partial charge is 0.379 e. The molecule has 2 atom stereocenters. The molecular weight excluding hydrogens is 435 g/mol. The summed E-state index contributed by atoms with van der Waals surface area (Å²) in [7, 11) is 0. The monoisotopic (exact) mass is 460 g/mol. The number of nitrogens with zero attached hydrogens (tertiary/aromatic N) is 8. The van der Waals surface area contributed by atoms with Gasteiger partial charge in [0.15, 0.2) is 11.6 Å². The molecule has 2 aliphatic heterocycles. The van der Waals surface area contributed by atoms with Crippen LogP contribution in [0.4, 0.5) is 10.2 Å². The Morgan fingerprint density at radius 3 is 2.85 bits per heavy atom. The summed E-state index contributed by atoms with van der Waals surface area (Å²) < 4.78 is 23.2. The smallest absolute Gasteiger partial charge is 0.237 e. The van der Waals surface area contributed by atoms with Crippen LogP contribution in [0.1, 0.15) is 44.5 Å². The molecule has 174 valence electrons. The molecule has 0 aliphatic carbocycles. The third-order valence-electron chi connectivity index (χ3n) is 6.57. The highest BCUT2D eigenvalue weighted by Crippen LogP contribution is 2.40. The number of hydrogen-bond donors (Lipinski definition) is 0. The molecule has 9 nitrogen and oxygen atoms in total. The fourth-order valence-electron chi connectivity index (χ4n) is 4.95. The lowest BCUT2D eigenvalue weighted by atomic mass is 10.0. The average Bonchev–Trinajstić information content (AvgIpc) is 3.48. The van der Waals surface area contributed by atoms with E-state index in [4.69, 9.17) is 9.72 Å². The molecule has 2 aliphatic rings. The molecule has 5 heterocycles. The van der Waals surface area contributed by atoms with E-state index >= 15 is 0 Å². The van der Waals surface area contributed by atoms with E-state index in [-0.39, 0.29) is 17.9 Å². The summed E-state index contributed by atoms with van der Waals surface area (Å²) in [5.41, 5.74) is 1.63. The van der Waals surface area contributed by atoms with Crippen molar-refractivity contribution in [3.05, 3.63) is 60.8 Å². The van der Waals surface area contributed by atoms with Crippen molar-refractivity contribution in [2.24, 2.45) is 0 Å². The van der Waals surface area contributed by atoms with Gasteiger partial charge in [-0.25, -0.2) is 14.4 Å². The molecule has 0 N–H and O–H groups in total. The van der Waals surface area contributed by atoms with Gasteiger partial charge in [-0.1, -0.05) is 6.92 Å². The normalized spacial score (nSPS) is 20.0. The summed E-state index contributed by atoms with van der Waals surface area (Å²) in [5, 5.41) is 8.62. The van der Waals surface area contributed by atoms with Gasteiger partial charge < -0.3 is 9.64 Å². The van der Waals surface area contributed by atoms with Crippen molar-refractivity contribution in [3.8, 4) is 23.0 Å². The first-order chi connectivity index (χ1) is 16.7. The Morgan fingerprint density at radius 2 is 2.00 bits per heavy atom. The molecular formula is C24H25FN8O. The van der Waals surface area contributed by atoms with Crippen LogP contribution < -0.4 is 4.90 Å². The second-order valence-electron chi connectivity index (χ2n) is 8.62. The quantitative estimate of drug-likeness (QED) is 0.457. The maximum Gasteiger partial charge on any atom is 0.237 e. The third kappa shape index (κ3) is 3.45. The summed E-state index contributed by atoms with van der Waals surface area (Å²) in [6.07, 6.45) is 11.1. The first kappa shape index (κ1) is 20.9. The molecule has 0 spiro atoms. The molecule has 1 aromatic carbocycles. The highest BCUT2D eigenvalue weighted by Gasteiger charge is 2.38. The van der Waals surface area contributed by atoms with Crippen LogP contribution in [0.3, 0.4) is 0 Å². The third-order valence-corrected chi connectivity index (χ3v) is 6.57. The molecule has 6 rings (SSSR count). The summed E-state index contributed by atoms with van der Waals surface area (Å²) in [5.74, 6) is 2.59.